The third-order valence-electron chi connectivity index (χ3n) is 4.47. The van der Waals surface area contributed by atoms with Gasteiger partial charge in [-0.25, -0.2) is 9.78 Å². The molecule has 0 radical (unpaired) electrons. The first-order valence-electron chi connectivity index (χ1n) is 9.40. The third-order valence-corrected chi connectivity index (χ3v) is 5.32. The highest BCUT2D eigenvalue weighted by molar-refractivity contribution is 7.99. The van der Waals surface area contributed by atoms with Crippen LogP contribution in [0, 0.1) is 0 Å². The molecule has 0 fully saturated rings. The fourth-order valence-electron chi connectivity index (χ4n) is 2.99. The zero-order valence-corrected chi connectivity index (χ0v) is 18.5. The monoisotopic (exact) mass is 458 g/mol. The maximum atomic E-state index is 12.4. The lowest BCUT2D eigenvalue weighted by atomic mass is 10.0. The normalized spacial score (nSPS) is 10.5. The number of carbonyl (C=O) groups excluding carboxylic acids is 1. The number of aromatic carboxylic acids is 1. The highest BCUT2D eigenvalue weighted by Gasteiger charge is 2.24. The molecule has 168 valence electrons. The van der Waals surface area contributed by atoms with E-state index in [1.807, 2.05) is 30.3 Å². The summed E-state index contributed by atoms with van der Waals surface area (Å²) < 4.78 is 15.9. The predicted molar refractivity (Wildman–Crippen MR) is 117 cm³/mol. The Morgan fingerprint density at radius 3 is 2.44 bits per heavy atom. The fourth-order valence-corrected chi connectivity index (χ4v) is 3.61. The molecule has 0 bridgehead atoms. The Labute approximate surface area is 188 Å². The second kappa shape index (κ2) is 10.5. The van der Waals surface area contributed by atoms with Crippen LogP contribution in [0.4, 0.5) is 0 Å². The molecule has 2 aromatic carbocycles. The SMILES string of the molecule is COc1cc(C(=O)O)c(CNC(=O)CSc2n[nH]c(-c3ccccc3)n2)c(OC)c1OC. The molecule has 0 spiro atoms. The van der Waals surface area contributed by atoms with E-state index in [4.69, 9.17) is 14.2 Å². The molecule has 10 nitrogen and oxygen atoms in total. The van der Waals surface area contributed by atoms with Crippen molar-refractivity contribution in [1.29, 1.82) is 0 Å². The van der Waals surface area contributed by atoms with Crippen molar-refractivity contribution in [2.45, 2.75) is 11.7 Å². The number of aromatic nitrogens is 3. The number of methoxy groups -OCH3 is 3. The van der Waals surface area contributed by atoms with E-state index in [1.165, 1.54) is 27.4 Å². The van der Waals surface area contributed by atoms with Gasteiger partial charge in [0, 0.05) is 17.7 Å². The molecular formula is C21H22N4O6S. The van der Waals surface area contributed by atoms with Crippen LogP contribution in [0.15, 0.2) is 41.6 Å². The Bertz CT molecular complexity index is 1100. The molecule has 3 rings (SSSR count). The summed E-state index contributed by atoms with van der Waals surface area (Å²) in [6, 6.07) is 10.8. The summed E-state index contributed by atoms with van der Waals surface area (Å²) in [5.74, 6) is -0.219. The van der Waals surface area contributed by atoms with Gasteiger partial charge in [-0.1, -0.05) is 42.1 Å². The number of amides is 1. The Hall–Kier alpha value is -3.73. The Balaban J connectivity index is 1.68. The van der Waals surface area contributed by atoms with E-state index in [2.05, 4.69) is 20.5 Å². The van der Waals surface area contributed by atoms with Gasteiger partial charge in [-0.3, -0.25) is 9.89 Å². The summed E-state index contributed by atoms with van der Waals surface area (Å²) in [5.41, 5.74) is 1.09. The van der Waals surface area contributed by atoms with Crippen LogP contribution in [0.1, 0.15) is 15.9 Å². The van der Waals surface area contributed by atoms with Crippen LogP contribution in [0.2, 0.25) is 0 Å². The summed E-state index contributed by atoms with van der Waals surface area (Å²) in [6.07, 6.45) is 0. The topological polar surface area (TPSA) is 136 Å². The van der Waals surface area contributed by atoms with Gasteiger partial charge in [-0.15, -0.1) is 5.10 Å². The van der Waals surface area contributed by atoms with Crippen LogP contribution in [0.25, 0.3) is 11.4 Å². The van der Waals surface area contributed by atoms with Crippen molar-refractivity contribution >= 4 is 23.6 Å². The van der Waals surface area contributed by atoms with Gasteiger partial charge < -0.3 is 24.6 Å². The lowest BCUT2D eigenvalue weighted by molar-refractivity contribution is -0.118. The molecule has 0 saturated heterocycles. The van der Waals surface area contributed by atoms with Gasteiger partial charge in [0.25, 0.3) is 0 Å². The number of hydrogen-bond acceptors (Lipinski definition) is 8. The lowest BCUT2D eigenvalue weighted by Gasteiger charge is -2.18. The predicted octanol–water partition coefficient (Wildman–Crippen LogP) is 2.60. The second-order valence-electron chi connectivity index (χ2n) is 6.37. The zero-order valence-electron chi connectivity index (χ0n) is 17.7. The van der Waals surface area contributed by atoms with E-state index in [9.17, 15) is 14.7 Å². The molecule has 1 amide bonds. The largest absolute Gasteiger partial charge is 0.493 e. The maximum absolute atomic E-state index is 12.4. The van der Waals surface area contributed by atoms with Gasteiger partial charge >= 0.3 is 5.97 Å². The van der Waals surface area contributed by atoms with E-state index in [0.717, 1.165) is 17.3 Å². The van der Waals surface area contributed by atoms with E-state index in [0.29, 0.717) is 11.0 Å². The fraction of sp³-hybridized carbons (Fsp3) is 0.238. The minimum atomic E-state index is -1.18. The van der Waals surface area contributed by atoms with Gasteiger partial charge in [0.15, 0.2) is 17.3 Å². The summed E-state index contributed by atoms with van der Waals surface area (Å²) in [4.78, 5) is 28.5. The third kappa shape index (κ3) is 5.11. The van der Waals surface area contributed by atoms with Crippen molar-refractivity contribution in [2.75, 3.05) is 27.1 Å². The number of nitrogens with one attached hydrogen (secondary N) is 2. The summed E-state index contributed by atoms with van der Waals surface area (Å²) in [7, 11) is 4.20. The number of hydrogen-bond donors (Lipinski definition) is 3. The van der Waals surface area contributed by atoms with Gasteiger partial charge in [-0.05, 0) is 6.07 Å². The Kier molecular flexibility index (Phi) is 7.55. The van der Waals surface area contributed by atoms with Crippen molar-refractivity contribution in [3.63, 3.8) is 0 Å². The van der Waals surface area contributed by atoms with E-state index < -0.39 is 5.97 Å². The van der Waals surface area contributed by atoms with E-state index >= 15 is 0 Å². The molecule has 3 N–H and O–H groups in total. The zero-order chi connectivity index (χ0) is 23.1. The minimum absolute atomic E-state index is 0.0457. The molecule has 0 aliphatic heterocycles. The van der Waals surface area contributed by atoms with Gasteiger partial charge in [0.05, 0.1) is 32.6 Å². The molecule has 1 aromatic heterocycles. The highest BCUT2D eigenvalue weighted by atomic mass is 32.2. The Morgan fingerprint density at radius 1 is 1.09 bits per heavy atom. The first-order valence-corrected chi connectivity index (χ1v) is 10.4. The van der Waals surface area contributed by atoms with Crippen molar-refractivity contribution in [3.8, 4) is 28.6 Å². The van der Waals surface area contributed by atoms with Crippen LogP contribution < -0.4 is 19.5 Å². The summed E-state index contributed by atoms with van der Waals surface area (Å²) >= 11 is 1.16. The molecule has 0 saturated carbocycles. The molecule has 0 atom stereocenters. The quantitative estimate of drug-likeness (QED) is 0.392. The number of carbonyl (C=O) groups is 2. The first kappa shape index (κ1) is 22.9. The van der Waals surface area contributed by atoms with Crippen molar-refractivity contribution in [1.82, 2.24) is 20.5 Å². The molecule has 32 heavy (non-hydrogen) atoms. The lowest BCUT2D eigenvalue weighted by Crippen LogP contribution is -2.26. The van der Waals surface area contributed by atoms with Crippen molar-refractivity contribution in [2.24, 2.45) is 0 Å². The second-order valence-corrected chi connectivity index (χ2v) is 7.32. The van der Waals surface area contributed by atoms with Crippen LogP contribution in [0.5, 0.6) is 17.2 Å². The van der Waals surface area contributed by atoms with Crippen LogP contribution in [-0.4, -0.2) is 59.2 Å². The van der Waals surface area contributed by atoms with Crippen LogP contribution >= 0.6 is 11.8 Å². The van der Waals surface area contributed by atoms with Gasteiger partial charge in [0.2, 0.25) is 16.8 Å². The molecule has 0 aliphatic rings. The van der Waals surface area contributed by atoms with Crippen molar-refractivity contribution < 1.29 is 28.9 Å². The number of ether oxygens (including phenoxy) is 3. The number of carboxylic acid groups (broad SMARTS) is 1. The van der Waals surface area contributed by atoms with E-state index in [-0.39, 0.29) is 46.6 Å². The molecule has 3 aromatic rings. The number of carboxylic acids is 1. The number of nitrogens with zero attached hydrogens (tertiary/aromatic N) is 2. The van der Waals surface area contributed by atoms with Crippen LogP contribution in [-0.2, 0) is 11.3 Å². The standard InChI is InChI=1S/C21H22N4O6S/c1-29-15-9-13(20(27)28)14(17(30-2)18(15)31-3)10-22-16(26)11-32-21-23-19(24-25-21)12-7-5-4-6-8-12/h4-9H,10-11H2,1-3H3,(H,22,26)(H,27,28)(H,23,24,25). The molecule has 0 unspecified atom stereocenters. The molecular weight excluding hydrogens is 436 g/mol. The van der Waals surface area contributed by atoms with Crippen LogP contribution in [0.3, 0.4) is 0 Å². The van der Waals surface area contributed by atoms with Gasteiger partial charge in [-0.2, -0.15) is 0 Å². The molecule has 0 aliphatic carbocycles. The number of H-pyrrole nitrogens is 1. The van der Waals surface area contributed by atoms with Gasteiger partial charge in [0.1, 0.15) is 0 Å². The number of thioether (sulfide) groups is 1. The highest BCUT2D eigenvalue weighted by Crippen LogP contribution is 2.42. The average Bonchev–Trinajstić information content (AvgIpc) is 3.29. The van der Waals surface area contributed by atoms with Crippen molar-refractivity contribution in [3.05, 3.63) is 47.5 Å². The number of rotatable bonds is 10. The molecule has 11 heteroatoms. The summed E-state index contributed by atoms with van der Waals surface area (Å²) in [6.45, 7) is -0.0756. The number of benzene rings is 2. The maximum Gasteiger partial charge on any atom is 0.336 e. The Morgan fingerprint density at radius 2 is 1.81 bits per heavy atom. The number of aromatic amines is 1. The first-order chi connectivity index (χ1) is 15.5. The molecule has 1 heterocycles. The smallest absolute Gasteiger partial charge is 0.336 e. The average molecular weight is 458 g/mol. The summed E-state index contributed by atoms with van der Waals surface area (Å²) in [5, 5.41) is 19.7. The van der Waals surface area contributed by atoms with E-state index in [1.54, 1.807) is 0 Å². The minimum Gasteiger partial charge on any atom is -0.493 e.